The number of hydrogen-bond donors (Lipinski definition) is 7. The number of allylic oxidation sites excluding steroid dienone is 6. The van der Waals surface area contributed by atoms with E-state index in [0.717, 1.165) is 38.5 Å². The number of esters is 2. The minimum absolute atomic E-state index is 0.148. The zero-order chi connectivity index (χ0) is 48.9. The van der Waals surface area contributed by atoms with E-state index in [2.05, 4.69) is 44.2 Å². The van der Waals surface area contributed by atoms with Gasteiger partial charge in [0.15, 0.2) is 18.7 Å². The van der Waals surface area contributed by atoms with Crippen LogP contribution in [0, 0.1) is 0 Å². The van der Waals surface area contributed by atoms with Crippen LogP contribution in [0.15, 0.2) is 36.5 Å². The Balaban J connectivity index is 1.83. The molecule has 4 unspecified atom stereocenters. The monoisotopic (exact) mass is 957 g/mol. The Hall–Kier alpha value is -2.28. The van der Waals surface area contributed by atoms with Crippen LogP contribution in [0.4, 0.5) is 0 Å². The molecule has 2 heterocycles. The first kappa shape index (κ1) is 60.8. The zero-order valence-electron chi connectivity index (χ0n) is 41.1. The van der Waals surface area contributed by atoms with Gasteiger partial charge in [-0.05, 0) is 44.9 Å². The smallest absolute Gasteiger partial charge is 0.306 e. The highest BCUT2D eigenvalue weighted by molar-refractivity contribution is 5.70. The second kappa shape index (κ2) is 39.4. The third-order valence-electron chi connectivity index (χ3n) is 12.4. The Morgan fingerprint density at radius 2 is 0.910 bits per heavy atom. The van der Waals surface area contributed by atoms with Gasteiger partial charge in [0.05, 0.1) is 19.8 Å². The standard InChI is InChI=1S/C52H92O15/c1-3-5-7-9-11-13-15-17-19-20-21-23-24-26-28-30-32-34-43(54)62-37-40(65-44(55)35-33-31-29-27-25-22-18-16-14-12-10-8-6-4-2)38-63-51-50(61)48(59)46(57)42(67-51)39-64-52-49(60)47(58)45(56)41(36-53)66-52/h17,19,21,23,26,28,40-42,45-53,56-61H,3-16,18,20,22,24-25,27,29-39H2,1-2H3/b19-17+,23-21+,28-26+/t40-,41+,42+,45-,46-,47?,48?,49?,50?,51+,52+/m0/s1. The summed E-state index contributed by atoms with van der Waals surface area (Å²) in [5.74, 6) is -0.981. The average molecular weight is 957 g/mol. The van der Waals surface area contributed by atoms with Crippen LogP contribution in [0.3, 0.4) is 0 Å². The van der Waals surface area contributed by atoms with E-state index in [1.165, 1.54) is 103 Å². The van der Waals surface area contributed by atoms with E-state index in [0.29, 0.717) is 19.3 Å². The molecule has 2 saturated heterocycles. The second-order valence-corrected chi connectivity index (χ2v) is 18.4. The van der Waals surface area contributed by atoms with E-state index in [-0.39, 0.29) is 19.4 Å². The van der Waals surface area contributed by atoms with Crippen molar-refractivity contribution >= 4 is 11.9 Å². The van der Waals surface area contributed by atoms with E-state index in [1.54, 1.807) is 0 Å². The molecule has 0 saturated carbocycles. The molecule has 2 aliphatic heterocycles. The summed E-state index contributed by atoms with van der Waals surface area (Å²) >= 11 is 0. The lowest BCUT2D eigenvalue weighted by Gasteiger charge is -2.42. The molecular weight excluding hydrogens is 865 g/mol. The Morgan fingerprint density at radius 1 is 0.478 bits per heavy atom. The van der Waals surface area contributed by atoms with Gasteiger partial charge in [-0.15, -0.1) is 0 Å². The van der Waals surface area contributed by atoms with Crippen molar-refractivity contribution in [3.63, 3.8) is 0 Å². The Labute approximate surface area is 402 Å². The number of hydrogen-bond acceptors (Lipinski definition) is 15. The molecule has 2 rings (SSSR count). The quantitative estimate of drug-likeness (QED) is 0.0181. The van der Waals surface area contributed by atoms with Gasteiger partial charge < -0.3 is 64.2 Å². The molecular formula is C52H92O15. The van der Waals surface area contributed by atoms with Gasteiger partial charge in [0.2, 0.25) is 0 Å². The Kier molecular flexibility index (Phi) is 35.8. The molecule has 0 aromatic rings. The third kappa shape index (κ3) is 27.6. The van der Waals surface area contributed by atoms with Crippen molar-refractivity contribution < 1.29 is 73.8 Å². The van der Waals surface area contributed by atoms with Crippen LogP contribution in [-0.4, -0.2) is 142 Å². The fraction of sp³-hybridized carbons (Fsp3) is 0.846. The first-order valence-electron chi connectivity index (χ1n) is 26.1. The van der Waals surface area contributed by atoms with Gasteiger partial charge in [-0.3, -0.25) is 9.59 Å². The molecule has 0 aliphatic carbocycles. The number of aliphatic hydroxyl groups excluding tert-OH is 7. The molecule has 0 aromatic heterocycles. The lowest BCUT2D eigenvalue weighted by molar-refractivity contribution is -0.332. The summed E-state index contributed by atoms with van der Waals surface area (Å²) < 4.78 is 33.5. The number of carbonyl (C=O) groups excluding carboxylic acids is 2. The maximum Gasteiger partial charge on any atom is 0.306 e. The van der Waals surface area contributed by atoms with Gasteiger partial charge in [0.25, 0.3) is 0 Å². The normalized spacial score (nSPS) is 26.2. The van der Waals surface area contributed by atoms with Crippen molar-refractivity contribution in [2.45, 2.75) is 255 Å². The van der Waals surface area contributed by atoms with Gasteiger partial charge >= 0.3 is 11.9 Å². The maximum atomic E-state index is 13.0. The third-order valence-corrected chi connectivity index (χ3v) is 12.4. The molecule has 67 heavy (non-hydrogen) atoms. The van der Waals surface area contributed by atoms with Crippen molar-refractivity contribution in [2.24, 2.45) is 0 Å². The summed E-state index contributed by atoms with van der Waals surface area (Å²) in [5, 5.41) is 72.1. The molecule has 390 valence electrons. The van der Waals surface area contributed by atoms with E-state index >= 15 is 0 Å². The summed E-state index contributed by atoms with van der Waals surface area (Å²) in [6, 6.07) is 0. The van der Waals surface area contributed by atoms with E-state index in [4.69, 9.17) is 28.4 Å². The molecule has 0 amide bonds. The molecule has 0 spiro atoms. The lowest BCUT2D eigenvalue weighted by atomic mass is 9.98. The average Bonchev–Trinajstić information content (AvgIpc) is 3.32. The molecule has 0 radical (unpaired) electrons. The molecule has 2 fully saturated rings. The summed E-state index contributed by atoms with van der Waals surface area (Å²) in [7, 11) is 0. The SMILES string of the molecule is CCCCCCCC/C=C/C/C=C/C/C=C/CCCC(=O)OC[C@@H](CO[C@@H]1O[C@H](CO[C@@H]2O[C@H](CO)[C@H](O)C(O)C2O)[C@H](O)C(O)C1O)OC(=O)CCCCCCCCCCCCCCCC. The van der Waals surface area contributed by atoms with Gasteiger partial charge in [-0.25, -0.2) is 0 Å². The second-order valence-electron chi connectivity index (χ2n) is 18.4. The highest BCUT2D eigenvalue weighted by Gasteiger charge is 2.47. The van der Waals surface area contributed by atoms with E-state index in [9.17, 15) is 45.3 Å². The number of unbranched alkanes of at least 4 members (excludes halogenated alkanes) is 20. The number of rotatable bonds is 40. The Bertz CT molecular complexity index is 1310. The van der Waals surface area contributed by atoms with Crippen LogP contribution in [-0.2, 0) is 38.0 Å². The van der Waals surface area contributed by atoms with Crippen molar-refractivity contribution in [3.05, 3.63) is 36.5 Å². The summed E-state index contributed by atoms with van der Waals surface area (Å²) in [4.78, 5) is 25.7. The van der Waals surface area contributed by atoms with Crippen molar-refractivity contribution in [3.8, 4) is 0 Å². The highest BCUT2D eigenvalue weighted by atomic mass is 16.7. The molecule has 7 N–H and O–H groups in total. The first-order chi connectivity index (χ1) is 32.5. The van der Waals surface area contributed by atoms with Crippen LogP contribution in [0.5, 0.6) is 0 Å². The van der Waals surface area contributed by atoms with Crippen molar-refractivity contribution in [1.29, 1.82) is 0 Å². The van der Waals surface area contributed by atoms with Crippen molar-refractivity contribution in [1.82, 2.24) is 0 Å². The van der Waals surface area contributed by atoms with Crippen LogP contribution < -0.4 is 0 Å². The number of aliphatic hydroxyl groups is 7. The fourth-order valence-electron chi connectivity index (χ4n) is 8.06. The molecule has 0 bridgehead atoms. The molecule has 15 heteroatoms. The zero-order valence-corrected chi connectivity index (χ0v) is 41.1. The molecule has 0 aromatic carbocycles. The predicted octanol–water partition coefficient (Wildman–Crippen LogP) is 7.32. The van der Waals surface area contributed by atoms with Gasteiger partial charge in [-0.1, -0.05) is 166 Å². The predicted molar refractivity (Wildman–Crippen MR) is 257 cm³/mol. The molecule has 15 nitrogen and oxygen atoms in total. The Morgan fingerprint density at radius 3 is 1.45 bits per heavy atom. The largest absolute Gasteiger partial charge is 0.462 e. The van der Waals surface area contributed by atoms with E-state index in [1.807, 2.05) is 6.08 Å². The maximum absolute atomic E-state index is 13.0. The van der Waals surface area contributed by atoms with Crippen LogP contribution in [0.2, 0.25) is 0 Å². The van der Waals surface area contributed by atoms with Crippen LogP contribution >= 0.6 is 0 Å². The van der Waals surface area contributed by atoms with Gasteiger partial charge in [0.1, 0.15) is 55.4 Å². The van der Waals surface area contributed by atoms with Gasteiger partial charge in [0, 0.05) is 12.8 Å². The summed E-state index contributed by atoms with van der Waals surface area (Å²) in [5.41, 5.74) is 0. The minimum Gasteiger partial charge on any atom is -0.462 e. The number of ether oxygens (including phenoxy) is 6. The van der Waals surface area contributed by atoms with E-state index < -0.39 is 99.3 Å². The summed E-state index contributed by atoms with van der Waals surface area (Å²) in [6.07, 6.45) is 24.6. The lowest BCUT2D eigenvalue weighted by Crippen LogP contribution is -2.61. The van der Waals surface area contributed by atoms with Crippen LogP contribution in [0.25, 0.3) is 0 Å². The first-order valence-corrected chi connectivity index (χ1v) is 26.1. The van der Waals surface area contributed by atoms with Crippen molar-refractivity contribution in [2.75, 3.05) is 26.4 Å². The number of carbonyl (C=O) groups is 2. The molecule has 11 atom stereocenters. The van der Waals surface area contributed by atoms with Gasteiger partial charge in [-0.2, -0.15) is 0 Å². The summed E-state index contributed by atoms with van der Waals surface area (Å²) in [6.45, 7) is 2.54. The topological polar surface area (TPSA) is 231 Å². The minimum atomic E-state index is -1.77. The highest BCUT2D eigenvalue weighted by Crippen LogP contribution is 2.26. The van der Waals surface area contributed by atoms with Crippen LogP contribution in [0.1, 0.15) is 187 Å². The fourth-order valence-corrected chi connectivity index (χ4v) is 8.06. The molecule has 2 aliphatic rings.